The second-order valence-corrected chi connectivity index (χ2v) is 8.26. The fourth-order valence-corrected chi connectivity index (χ4v) is 4.52. The first-order chi connectivity index (χ1) is 15.1. The second-order valence-electron chi connectivity index (χ2n) is 8.26. The van der Waals surface area contributed by atoms with Crippen LogP contribution in [0.5, 0.6) is 11.5 Å². The van der Waals surface area contributed by atoms with Crippen molar-refractivity contribution in [2.75, 3.05) is 24.8 Å². The molecule has 0 spiro atoms. The minimum Gasteiger partial charge on any atom is -0.454 e. The molecular formula is C24H27FN4O2. The molecule has 3 heterocycles. The number of fused-ring (bicyclic) bond motifs is 1. The van der Waals surface area contributed by atoms with Gasteiger partial charge in [-0.1, -0.05) is 0 Å². The van der Waals surface area contributed by atoms with Crippen LogP contribution >= 0.6 is 0 Å². The lowest BCUT2D eigenvalue weighted by atomic mass is 10.0. The minimum atomic E-state index is -0.240. The Morgan fingerprint density at radius 3 is 2.52 bits per heavy atom. The maximum absolute atomic E-state index is 13.2. The summed E-state index contributed by atoms with van der Waals surface area (Å²) < 4.78 is 26.0. The third kappa shape index (κ3) is 3.97. The first-order valence-corrected chi connectivity index (χ1v) is 10.8. The Morgan fingerprint density at radius 1 is 1.03 bits per heavy atom. The van der Waals surface area contributed by atoms with Gasteiger partial charge in [0.15, 0.2) is 11.5 Å². The predicted octanol–water partition coefficient (Wildman–Crippen LogP) is 4.37. The van der Waals surface area contributed by atoms with E-state index < -0.39 is 0 Å². The molecule has 1 fully saturated rings. The monoisotopic (exact) mass is 422 g/mol. The number of nitrogens with one attached hydrogen (secondary N) is 1. The smallest absolute Gasteiger partial charge is 0.231 e. The molecule has 0 saturated carbocycles. The molecule has 3 aromatic rings. The van der Waals surface area contributed by atoms with Gasteiger partial charge in [0.2, 0.25) is 6.79 Å². The number of ether oxygens (including phenoxy) is 2. The number of piperidine rings is 1. The van der Waals surface area contributed by atoms with E-state index in [0.717, 1.165) is 48.8 Å². The average Bonchev–Trinajstić information content (AvgIpc) is 3.41. The van der Waals surface area contributed by atoms with Crippen LogP contribution in [0.25, 0.3) is 5.69 Å². The van der Waals surface area contributed by atoms with E-state index >= 15 is 0 Å². The lowest BCUT2D eigenvalue weighted by Crippen LogP contribution is -2.43. The molecule has 1 saturated heterocycles. The van der Waals surface area contributed by atoms with Crippen molar-refractivity contribution in [3.63, 3.8) is 0 Å². The van der Waals surface area contributed by atoms with Gasteiger partial charge in [-0.05, 0) is 63.1 Å². The highest BCUT2D eigenvalue weighted by Gasteiger charge is 2.24. The van der Waals surface area contributed by atoms with E-state index in [9.17, 15) is 4.39 Å². The highest BCUT2D eigenvalue weighted by atomic mass is 19.1. The summed E-state index contributed by atoms with van der Waals surface area (Å²) in [4.78, 5) is 2.41. The molecule has 0 amide bonds. The van der Waals surface area contributed by atoms with Crippen molar-refractivity contribution in [2.24, 2.45) is 0 Å². The number of hydrogen-bond acceptors (Lipinski definition) is 5. The van der Waals surface area contributed by atoms with E-state index in [1.54, 1.807) is 12.1 Å². The van der Waals surface area contributed by atoms with Crippen molar-refractivity contribution < 1.29 is 13.9 Å². The summed E-state index contributed by atoms with van der Waals surface area (Å²) in [5.74, 6) is 1.42. The molecule has 7 heteroatoms. The first-order valence-electron chi connectivity index (χ1n) is 10.8. The van der Waals surface area contributed by atoms with Crippen LogP contribution in [-0.4, -0.2) is 35.7 Å². The highest BCUT2D eigenvalue weighted by molar-refractivity contribution is 5.57. The van der Waals surface area contributed by atoms with Gasteiger partial charge in [-0.25, -0.2) is 9.07 Å². The van der Waals surface area contributed by atoms with Crippen LogP contribution < -0.4 is 19.7 Å². The zero-order valence-corrected chi connectivity index (χ0v) is 17.8. The minimum absolute atomic E-state index is 0.191. The number of halogens is 1. The Balaban J connectivity index is 1.20. The Labute approximate surface area is 181 Å². The Hall–Kier alpha value is -3.06. The molecule has 0 aliphatic carbocycles. The molecule has 0 radical (unpaired) electrons. The molecule has 1 N–H and O–H groups in total. The van der Waals surface area contributed by atoms with Gasteiger partial charge < -0.3 is 19.7 Å². The molecule has 5 rings (SSSR count). The van der Waals surface area contributed by atoms with Crippen molar-refractivity contribution in [3.05, 3.63) is 65.7 Å². The van der Waals surface area contributed by atoms with Gasteiger partial charge in [-0.15, -0.1) is 0 Å². The van der Waals surface area contributed by atoms with E-state index in [0.29, 0.717) is 12.8 Å². The SMILES string of the molecule is Cc1c(C(C)NC2CCN(c3ccc4c(c3)OCO4)CC2)cnn1-c1ccc(F)cc1. The molecular weight excluding hydrogens is 395 g/mol. The van der Waals surface area contributed by atoms with Gasteiger partial charge in [-0.2, -0.15) is 5.10 Å². The van der Waals surface area contributed by atoms with Crippen molar-refractivity contribution in [1.82, 2.24) is 15.1 Å². The number of rotatable bonds is 5. The van der Waals surface area contributed by atoms with Crippen molar-refractivity contribution in [3.8, 4) is 17.2 Å². The molecule has 1 unspecified atom stereocenters. The predicted molar refractivity (Wildman–Crippen MR) is 118 cm³/mol. The van der Waals surface area contributed by atoms with E-state index in [-0.39, 0.29) is 11.9 Å². The van der Waals surface area contributed by atoms with Gasteiger partial charge in [0.1, 0.15) is 5.82 Å². The van der Waals surface area contributed by atoms with Crippen molar-refractivity contribution >= 4 is 5.69 Å². The third-order valence-corrected chi connectivity index (χ3v) is 6.29. The van der Waals surface area contributed by atoms with Gasteiger partial charge in [0.25, 0.3) is 0 Å². The molecule has 2 aliphatic rings. The van der Waals surface area contributed by atoms with E-state index in [4.69, 9.17) is 9.47 Å². The summed E-state index contributed by atoms with van der Waals surface area (Å²) in [6.45, 7) is 6.55. The highest BCUT2D eigenvalue weighted by Crippen LogP contribution is 2.36. The largest absolute Gasteiger partial charge is 0.454 e. The number of aromatic nitrogens is 2. The first kappa shape index (κ1) is 19.9. The molecule has 2 aliphatic heterocycles. The van der Waals surface area contributed by atoms with Crippen LogP contribution in [0.1, 0.15) is 37.1 Å². The summed E-state index contributed by atoms with van der Waals surface area (Å²) in [7, 11) is 0. The normalized spacial score (nSPS) is 17.2. The van der Waals surface area contributed by atoms with Crippen LogP contribution in [-0.2, 0) is 0 Å². The molecule has 1 aromatic heterocycles. The van der Waals surface area contributed by atoms with E-state index in [2.05, 4.69) is 41.3 Å². The number of hydrogen-bond donors (Lipinski definition) is 1. The van der Waals surface area contributed by atoms with Gasteiger partial charge in [0.05, 0.1) is 11.9 Å². The summed E-state index contributed by atoms with van der Waals surface area (Å²) in [5, 5.41) is 8.31. The Kier molecular flexibility index (Phi) is 5.28. The molecule has 162 valence electrons. The summed E-state index contributed by atoms with van der Waals surface area (Å²) >= 11 is 0. The maximum atomic E-state index is 13.2. The number of benzene rings is 2. The molecule has 1 atom stereocenters. The van der Waals surface area contributed by atoms with Crippen LogP contribution in [0.4, 0.5) is 10.1 Å². The summed E-state index contributed by atoms with van der Waals surface area (Å²) in [5.41, 5.74) is 4.30. The summed E-state index contributed by atoms with van der Waals surface area (Å²) in [6, 6.07) is 13.3. The fourth-order valence-electron chi connectivity index (χ4n) is 4.52. The lowest BCUT2D eigenvalue weighted by Gasteiger charge is -2.35. The van der Waals surface area contributed by atoms with Crippen molar-refractivity contribution in [1.29, 1.82) is 0 Å². The topological polar surface area (TPSA) is 51.6 Å². The second kappa shape index (κ2) is 8.23. The van der Waals surface area contributed by atoms with Crippen molar-refractivity contribution in [2.45, 2.75) is 38.8 Å². The van der Waals surface area contributed by atoms with Gasteiger partial charge >= 0.3 is 0 Å². The summed E-state index contributed by atoms with van der Waals surface area (Å²) in [6.07, 6.45) is 4.06. The molecule has 0 bridgehead atoms. The lowest BCUT2D eigenvalue weighted by molar-refractivity contribution is 0.174. The average molecular weight is 423 g/mol. The zero-order chi connectivity index (χ0) is 21.4. The number of nitrogens with zero attached hydrogens (tertiary/aromatic N) is 3. The van der Waals surface area contributed by atoms with Crippen LogP contribution in [0.2, 0.25) is 0 Å². The van der Waals surface area contributed by atoms with Crippen LogP contribution in [0.15, 0.2) is 48.7 Å². The zero-order valence-electron chi connectivity index (χ0n) is 17.8. The quantitative estimate of drug-likeness (QED) is 0.662. The van der Waals surface area contributed by atoms with Gasteiger partial charge in [0, 0.05) is 48.2 Å². The molecule has 31 heavy (non-hydrogen) atoms. The maximum Gasteiger partial charge on any atom is 0.231 e. The standard InChI is InChI=1S/C24H27FN4O2/c1-16(22-14-26-29(17(22)2)20-5-3-18(25)4-6-20)27-19-9-11-28(12-10-19)21-7-8-23-24(13-21)31-15-30-23/h3-8,13-14,16,19,27H,9-12,15H2,1-2H3. The van der Waals surface area contributed by atoms with Crippen LogP contribution in [0.3, 0.4) is 0 Å². The van der Waals surface area contributed by atoms with E-state index in [1.165, 1.54) is 23.4 Å². The Bertz CT molecular complexity index is 1060. The molecule has 2 aromatic carbocycles. The van der Waals surface area contributed by atoms with E-state index in [1.807, 2.05) is 16.9 Å². The fraction of sp³-hybridized carbons (Fsp3) is 0.375. The Morgan fingerprint density at radius 2 is 1.74 bits per heavy atom. The van der Waals surface area contributed by atoms with Gasteiger partial charge in [-0.3, -0.25) is 0 Å². The number of anilines is 1. The van der Waals surface area contributed by atoms with Crippen LogP contribution in [0, 0.1) is 12.7 Å². The third-order valence-electron chi connectivity index (χ3n) is 6.29. The molecule has 6 nitrogen and oxygen atoms in total.